The van der Waals surface area contributed by atoms with Crippen molar-refractivity contribution in [2.45, 2.75) is 26.3 Å². The number of halogens is 1. The summed E-state index contributed by atoms with van der Waals surface area (Å²) in [5.74, 6) is 0.597. The summed E-state index contributed by atoms with van der Waals surface area (Å²) in [6.07, 6.45) is 1.35. The van der Waals surface area contributed by atoms with Crippen LogP contribution in [0.15, 0.2) is 48.5 Å². The van der Waals surface area contributed by atoms with Crippen LogP contribution in [0.2, 0.25) is 5.02 Å². The quantitative estimate of drug-likeness (QED) is 0.572. The van der Waals surface area contributed by atoms with Gasteiger partial charge in [-0.25, -0.2) is 4.98 Å². The molecule has 6 nitrogen and oxygen atoms in total. The van der Waals surface area contributed by atoms with Crippen LogP contribution in [0.4, 0.5) is 0 Å². The van der Waals surface area contributed by atoms with Crippen LogP contribution < -0.4 is 10.6 Å². The average Bonchev–Trinajstić information content (AvgIpc) is 3.03. The predicted octanol–water partition coefficient (Wildman–Crippen LogP) is 3.19. The molecule has 0 saturated heterocycles. The van der Waals surface area contributed by atoms with Crippen molar-refractivity contribution in [3.05, 3.63) is 64.9 Å². The lowest BCUT2D eigenvalue weighted by Crippen LogP contribution is -2.28. The Balaban J connectivity index is 1.64. The third kappa shape index (κ3) is 4.70. The van der Waals surface area contributed by atoms with Crippen LogP contribution in [0.5, 0.6) is 0 Å². The summed E-state index contributed by atoms with van der Waals surface area (Å²) in [5.41, 5.74) is 2.26. The molecule has 2 amide bonds. The van der Waals surface area contributed by atoms with E-state index in [0.29, 0.717) is 36.5 Å². The van der Waals surface area contributed by atoms with Crippen molar-refractivity contribution >= 4 is 34.4 Å². The number of hydrogen-bond donors (Lipinski definition) is 2. The van der Waals surface area contributed by atoms with Gasteiger partial charge < -0.3 is 15.2 Å². The molecular formula is C21H23ClN4O2. The minimum absolute atomic E-state index is 0.0427. The summed E-state index contributed by atoms with van der Waals surface area (Å²) < 4.78 is 1.94. The Morgan fingerprint density at radius 3 is 2.61 bits per heavy atom. The summed E-state index contributed by atoms with van der Waals surface area (Å²) in [5, 5.41) is 6.14. The molecule has 3 aromatic rings. The standard InChI is InChI=1S/C21H23ClN4O2/c1-2-23-20(27)14-26-18-11-6-5-10-17(18)25-19(26)12-7-13-24-21(28)15-8-3-4-9-16(15)22/h3-6,8-11H,2,7,12-14H2,1H3,(H,23,27)(H,24,28). The molecule has 0 saturated carbocycles. The van der Waals surface area contributed by atoms with Gasteiger partial charge in [0.05, 0.1) is 21.6 Å². The number of para-hydroxylation sites is 2. The highest BCUT2D eigenvalue weighted by molar-refractivity contribution is 6.33. The highest BCUT2D eigenvalue weighted by atomic mass is 35.5. The first-order valence-electron chi connectivity index (χ1n) is 9.33. The maximum absolute atomic E-state index is 12.2. The number of amides is 2. The van der Waals surface area contributed by atoms with Crippen molar-refractivity contribution in [1.29, 1.82) is 0 Å². The van der Waals surface area contributed by atoms with Gasteiger partial charge in [0.15, 0.2) is 0 Å². The number of hydrogen-bond acceptors (Lipinski definition) is 3. The monoisotopic (exact) mass is 398 g/mol. The van der Waals surface area contributed by atoms with Gasteiger partial charge in [-0.1, -0.05) is 35.9 Å². The van der Waals surface area contributed by atoms with Crippen molar-refractivity contribution < 1.29 is 9.59 Å². The molecule has 0 aliphatic rings. The largest absolute Gasteiger partial charge is 0.355 e. The number of aromatic nitrogens is 2. The maximum atomic E-state index is 12.2. The Labute approximate surface area is 168 Å². The van der Waals surface area contributed by atoms with Gasteiger partial charge in [0, 0.05) is 19.5 Å². The Bertz CT molecular complexity index is 983. The van der Waals surface area contributed by atoms with Gasteiger partial charge in [-0.3, -0.25) is 9.59 Å². The van der Waals surface area contributed by atoms with E-state index < -0.39 is 0 Å². The summed E-state index contributed by atoms with van der Waals surface area (Å²) >= 11 is 6.06. The second-order valence-electron chi connectivity index (χ2n) is 6.40. The number of nitrogens with one attached hydrogen (secondary N) is 2. The lowest BCUT2D eigenvalue weighted by molar-refractivity contribution is -0.121. The molecule has 146 valence electrons. The van der Waals surface area contributed by atoms with Gasteiger partial charge in [-0.05, 0) is 37.6 Å². The molecule has 2 N–H and O–H groups in total. The second-order valence-corrected chi connectivity index (χ2v) is 6.80. The number of rotatable bonds is 8. The fourth-order valence-electron chi connectivity index (χ4n) is 3.08. The Morgan fingerprint density at radius 1 is 1.07 bits per heavy atom. The minimum Gasteiger partial charge on any atom is -0.355 e. The van der Waals surface area contributed by atoms with Gasteiger partial charge in [-0.2, -0.15) is 0 Å². The van der Waals surface area contributed by atoms with Crippen LogP contribution in [0.3, 0.4) is 0 Å². The second kappa shape index (κ2) is 9.37. The molecule has 0 aliphatic carbocycles. The molecule has 1 aromatic heterocycles. The zero-order valence-electron chi connectivity index (χ0n) is 15.7. The van der Waals surface area contributed by atoms with Crippen LogP contribution in [0.1, 0.15) is 29.5 Å². The number of aryl methyl sites for hydroxylation is 1. The van der Waals surface area contributed by atoms with E-state index in [1.807, 2.05) is 35.8 Å². The van der Waals surface area contributed by atoms with E-state index in [1.165, 1.54) is 0 Å². The molecule has 0 fully saturated rings. The van der Waals surface area contributed by atoms with Crippen molar-refractivity contribution in [3.8, 4) is 0 Å². The van der Waals surface area contributed by atoms with Gasteiger partial charge >= 0.3 is 0 Å². The van der Waals surface area contributed by atoms with Crippen molar-refractivity contribution in [2.75, 3.05) is 13.1 Å². The topological polar surface area (TPSA) is 76.0 Å². The molecule has 2 aromatic carbocycles. The zero-order chi connectivity index (χ0) is 19.9. The van der Waals surface area contributed by atoms with E-state index in [-0.39, 0.29) is 18.4 Å². The van der Waals surface area contributed by atoms with E-state index in [0.717, 1.165) is 16.9 Å². The summed E-state index contributed by atoms with van der Waals surface area (Å²) in [4.78, 5) is 29.0. The maximum Gasteiger partial charge on any atom is 0.252 e. The Morgan fingerprint density at radius 2 is 1.82 bits per heavy atom. The minimum atomic E-state index is -0.193. The number of nitrogens with zero attached hydrogens (tertiary/aromatic N) is 2. The lowest BCUT2D eigenvalue weighted by Gasteiger charge is -2.10. The third-order valence-electron chi connectivity index (χ3n) is 4.39. The summed E-state index contributed by atoms with van der Waals surface area (Å²) in [6, 6.07) is 14.7. The van der Waals surface area contributed by atoms with Crippen LogP contribution in [-0.2, 0) is 17.8 Å². The number of carbonyl (C=O) groups excluding carboxylic acids is 2. The lowest BCUT2D eigenvalue weighted by atomic mass is 10.2. The molecule has 0 radical (unpaired) electrons. The van der Waals surface area contributed by atoms with E-state index >= 15 is 0 Å². The van der Waals surface area contributed by atoms with Crippen molar-refractivity contribution in [2.24, 2.45) is 0 Å². The van der Waals surface area contributed by atoms with E-state index in [9.17, 15) is 9.59 Å². The molecule has 28 heavy (non-hydrogen) atoms. The third-order valence-corrected chi connectivity index (χ3v) is 4.72. The van der Waals surface area contributed by atoms with Gasteiger partial charge in [0.1, 0.15) is 12.4 Å². The van der Waals surface area contributed by atoms with E-state index in [1.54, 1.807) is 24.3 Å². The molecule has 0 atom stereocenters. The van der Waals surface area contributed by atoms with E-state index in [4.69, 9.17) is 11.6 Å². The normalized spacial score (nSPS) is 10.8. The fourth-order valence-corrected chi connectivity index (χ4v) is 3.30. The summed E-state index contributed by atoms with van der Waals surface area (Å²) in [7, 11) is 0. The smallest absolute Gasteiger partial charge is 0.252 e. The summed E-state index contributed by atoms with van der Waals surface area (Å²) in [6.45, 7) is 3.21. The number of fused-ring (bicyclic) bond motifs is 1. The highest BCUT2D eigenvalue weighted by Gasteiger charge is 2.14. The zero-order valence-corrected chi connectivity index (χ0v) is 16.5. The van der Waals surface area contributed by atoms with Gasteiger partial charge in [-0.15, -0.1) is 0 Å². The average molecular weight is 399 g/mol. The first-order valence-corrected chi connectivity index (χ1v) is 9.71. The number of imidazole rings is 1. The molecule has 0 unspecified atom stereocenters. The molecule has 3 rings (SSSR count). The Hall–Kier alpha value is -2.86. The first kappa shape index (κ1) is 19.9. The van der Waals surface area contributed by atoms with Crippen LogP contribution in [-0.4, -0.2) is 34.5 Å². The van der Waals surface area contributed by atoms with Crippen molar-refractivity contribution in [1.82, 2.24) is 20.2 Å². The SMILES string of the molecule is CCNC(=O)Cn1c(CCCNC(=O)c2ccccc2Cl)nc2ccccc21. The van der Waals surface area contributed by atoms with Gasteiger partial charge in [0.2, 0.25) is 5.91 Å². The molecule has 0 aliphatic heterocycles. The fraction of sp³-hybridized carbons (Fsp3) is 0.286. The molecule has 1 heterocycles. The Kier molecular flexibility index (Phi) is 6.66. The first-order chi connectivity index (χ1) is 13.6. The van der Waals surface area contributed by atoms with Gasteiger partial charge in [0.25, 0.3) is 5.91 Å². The molecule has 0 spiro atoms. The van der Waals surface area contributed by atoms with E-state index in [2.05, 4.69) is 15.6 Å². The van der Waals surface area contributed by atoms with Crippen LogP contribution in [0, 0.1) is 0 Å². The molecular weight excluding hydrogens is 376 g/mol. The number of likely N-dealkylation sites (N-methyl/N-ethyl adjacent to an activating group) is 1. The molecule has 7 heteroatoms. The highest BCUT2D eigenvalue weighted by Crippen LogP contribution is 2.17. The van der Waals surface area contributed by atoms with Crippen molar-refractivity contribution in [3.63, 3.8) is 0 Å². The molecule has 0 bridgehead atoms. The van der Waals surface area contributed by atoms with Crippen LogP contribution >= 0.6 is 11.6 Å². The number of benzene rings is 2. The number of carbonyl (C=O) groups is 2. The van der Waals surface area contributed by atoms with Crippen LogP contribution in [0.25, 0.3) is 11.0 Å². The predicted molar refractivity (Wildman–Crippen MR) is 111 cm³/mol.